The Balaban J connectivity index is 1.72. The SMILES string of the molecule is COc1ccc(OC)c(C(=O)NCCn2nc(-n3nc(C)cc3C)ccc2=O)c1. The van der Waals surface area contributed by atoms with Crippen LogP contribution in [0.3, 0.4) is 0 Å². The number of methoxy groups -OCH3 is 2. The van der Waals surface area contributed by atoms with E-state index in [0.29, 0.717) is 22.9 Å². The number of ether oxygens (including phenoxy) is 2. The van der Waals surface area contributed by atoms with Crippen molar-refractivity contribution in [2.75, 3.05) is 20.8 Å². The number of nitrogens with zero attached hydrogens (tertiary/aromatic N) is 4. The first-order valence-electron chi connectivity index (χ1n) is 9.05. The summed E-state index contributed by atoms with van der Waals surface area (Å²) < 4.78 is 13.4. The Labute approximate surface area is 167 Å². The summed E-state index contributed by atoms with van der Waals surface area (Å²) in [6.45, 7) is 4.23. The smallest absolute Gasteiger partial charge is 0.266 e. The first kappa shape index (κ1) is 20.1. The minimum Gasteiger partial charge on any atom is -0.497 e. The molecule has 0 aliphatic heterocycles. The van der Waals surface area contributed by atoms with Gasteiger partial charge in [0.25, 0.3) is 11.5 Å². The van der Waals surface area contributed by atoms with Crippen molar-refractivity contribution < 1.29 is 14.3 Å². The van der Waals surface area contributed by atoms with Gasteiger partial charge in [0.15, 0.2) is 5.82 Å². The van der Waals surface area contributed by atoms with Crippen molar-refractivity contribution in [3.63, 3.8) is 0 Å². The second-order valence-electron chi connectivity index (χ2n) is 6.41. The van der Waals surface area contributed by atoms with Gasteiger partial charge in [0.2, 0.25) is 0 Å². The molecule has 1 amide bonds. The lowest BCUT2D eigenvalue weighted by molar-refractivity contribution is 0.0948. The second kappa shape index (κ2) is 8.59. The number of nitrogens with one attached hydrogen (secondary N) is 1. The Bertz CT molecular complexity index is 1090. The van der Waals surface area contributed by atoms with Gasteiger partial charge in [-0.05, 0) is 44.2 Å². The number of hydrogen-bond acceptors (Lipinski definition) is 6. The van der Waals surface area contributed by atoms with E-state index in [9.17, 15) is 9.59 Å². The maximum Gasteiger partial charge on any atom is 0.266 e. The third-order valence-electron chi connectivity index (χ3n) is 4.34. The number of carbonyl (C=O) groups excluding carboxylic acids is 1. The van der Waals surface area contributed by atoms with E-state index < -0.39 is 0 Å². The van der Waals surface area contributed by atoms with Crippen molar-refractivity contribution in [3.8, 4) is 17.3 Å². The van der Waals surface area contributed by atoms with Crippen LogP contribution in [0.15, 0.2) is 41.2 Å². The summed E-state index contributed by atoms with van der Waals surface area (Å²) in [7, 11) is 3.02. The van der Waals surface area contributed by atoms with E-state index >= 15 is 0 Å². The van der Waals surface area contributed by atoms with E-state index in [4.69, 9.17) is 9.47 Å². The van der Waals surface area contributed by atoms with Crippen molar-refractivity contribution in [2.24, 2.45) is 0 Å². The summed E-state index contributed by atoms with van der Waals surface area (Å²) in [5, 5.41) is 11.5. The molecule has 0 unspecified atom stereocenters. The number of aromatic nitrogens is 4. The molecule has 0 aliphatic rings. The van der Waals surface area contributed by atoms with Gasteiger partial charge in [0, 0.05) is 18.3 Å². The molecule has 29 heavy (non-hydrogen) atoms. The van der Waals surface area contributed by atoms with Gasteiger partial charge in [-0.2, -0.15) is 5.10 Å². The van der Waals surface area contributed by atoms with Crippen LogP contribution in [-0.2, 0) is 6.54 Å². The Kier molecular flexibility index (Phi) is 5.96. The van der Waals surface area contributed by atoms with Crippen LogP contribution in [0.1, 0.15) is 21.7 Å². The minimum absolute atomic E-state index is 0.212. The van der Waals surface area contributed by atoms with Gasteiger partial charge in [0.05, 0.1) is 32.0 Å². The lowest BCUT2D eigenvalue weighted by Crippen LogP contribution is -2.32. The monoisotopic (exact) mass is 397 g/mol. The average Bonchev–Trinajstić information content (AvgIpc) is 3.06. The average molecular weight is 397 g/mol. The van der Waals surface area contributed by atoms with Gasteiger partial charge in [-0.25, -0.2) is 9.36 Å². The molecule has 0 aliphatic carbocycles. The molecule has 9 heteroatoms. The van der Waals surface area contributed by atoms with Crippen molar-refractivity contribution in [1.29, 1.82) is 0 Å². The summed E-state index contributed by atoms with van der Waals surface area (Å²) in [5.74, 6) is 1.19. The molecular formula is C20H23N5O4. The number of aryl methyl sites for hydroxylation is 2. The first-order chi connectivity index (χ1) is 13.9. The fourth-order valence-corrected chi connectivity index (χ4v) is 2.93. The molecule has 3 rings (SSSR count). The molecule has 0 radical (unpaired) electrons. The predicted molar refractivity (Wildman–Crippen MR) is 107 cm³/mol. The first-order valence-corrected chi connectivity index (χ1v) is 9.05. The zero-order valence-corrected chi connectivity index (χ0v) is 16.8. The zero-order valence-electron chi connectivity index (χ0n) is 16.8. The standard InChI is InChI=1S/C20H23N5O4/c1-13-11-14(2)25(22-13)18-7-8-19(26)24(23-18)10-9-21-20(27)16-12-15(28-3)5-6-17(16)29-4/h5-8,11-12H,9-10H2,1-4H3,(H,21,27). The van der Waals surface area contributed by atoms with Crippen molar-refractivity contribution in [1.82, 2.24) is 24.9 Å². The van der Waals surface area contributed by atoms with Gasteiger partial charge in [0.1, 0.15) is 11.5 Å². The maximum atomic E-state index is 12.5. The lowest BCUT2D eigenvalue weighted by atomic mass is 10.1. The third kappa shape index (κ3) is 4.45. The zero-order chi connectivity index (χ0) is 21.0. The molecule has 0 atom stereocenters. The van der Waals surface area contributed by atoms with Crippen LogP contribution >= 0.6 is 0 Å². The quantitative estimate of drug-likeness (QED) is 0.648. The van der Waals surface area contributed by atoms with Crippen LogP contribution in [0.4, 0.5) is 0 Å². The molecule has 0 saturated heterocycles. The highest BCUT2D eigenvalue weighted by Crippen LogP contribution is 2.23. The fourth-order valence-electron chi connectivity index (χ4n) is 2.93. The highest BCUT2D eigenvalue weighted by atomic mass is 16.5. The van der Waals surface area contributed by atoms with Crippen LogP contribution in [0, 0.1) is 13.8 Å². The predicted octanol–water partition coefficient (Wildman–Crippen LogP) is 1.49. The Morgan fingerprint density at radius 2 is 1.86 bits per heavy atom. The van der Waals surface area contributed by atoms with Crippen molar-refractivity contribution in [2.45, 2.75) is 20.4 Å². The van der Waals surface area contributed by atoms with Crippen molar-refractivity contribution >= 4 is 5.91 Å². The fraction of sp³-hybridized carbons (Fsp3) is 0.300. The minimum atomic E-state index is -0.330. The van der Waals surface area contributed by atoms with Gasteiger partial charge in [-0.3, -0.25) is 9.59 Å². The molecule has 2 heterocycles. The van der Waals surface area contributed by atoms with E-state index in [0.717, 1.165) is 11.4 Å². The number of rotatable bonds is 7. The maximum absolute atomic E-state index is 12.5. The number of hydrogen-bond donors (Lipinski definition) is 1. The van der Waals surface area contributed by atoms with Crippen LogP contribution in [0.5, 0.6) is 11.5 Å². The molecular weight excluding hydrogens is 374 g/mol. The molecule has 1 aromatic carbocycles. The molecule has 2 aromatic heterocycles. The van der Waals surface area contributed by atoms with E-state index in [1.807, 2.05) is 19.9 Å². The van der Waals surface area contributed by atoms with E-state index in [-0.39, 0.29) is 24.6 Å². The number of amides is 1. The molecule has 1 N–H and O–H groups in total. The molecule has 3 aromatic rings. The Hall–Kier alpha value is -3.62. The van der Waals surface area contributed by atoms with Gasteiger partial charge in [-0.15, -0.1) is 5.10 Å². The molecule has 152 valence electrons. The summed E-state index contributed by atoms with van der Waals surface area (Å²) in [6.07, 6.45) is 0. The van der Waals surface area contributed by atoms with Gasteiger partial charge >= 0.3 is 0 Å². The highest BCUT2D eigenvalue weighted by molar-refractivity contribution is 5.97. The van der Waals surface area contributed by atoms with Gasteiger partial charge < -0.3 is 14.8 Å². The molecule has 0 fully saturated rings. The highest BCUT2D eigenvalue weighted by Gasteiger charge is 2.14. The van der Waals surface area contributed by atoms with Crippen LogP contribution in [0.25, 0.3) is 5.82 Å². The van der Waals surface area contributed by atoms with Crippen molar-refractivity contribution in [3.05, 3.63) is 63.7 Å². The number of carbonyl (C=O) groups is 1. The van der Waals surface area contributed by atoms with Crippen LogP contribution < -0.4 is 20.3 Å². The Morgan fingerprint density at radius 3 is 2.52 bits per heavy atom. The molecule has 0 bridgehead atoms. The largest absolute Gasteiger partial charge is 0.497 e. The summed E-state index contributed by atoms with van der Waals surface area (Å²) in [4.78, 5) is 24.7. The van der Waals surface area contributed by atoms with E-state index in [1.165, 1.54) is 25.0 Å². The molecule has 0 spiro atoms. The Morgan fingerprint density at radius 1 is 1.07 bits per heavy atom. The second-order valence-corrected chi connectivity index (χ2v) is 6.41. The third-order valence-corrected chi connectivity index (χ3v) is 4.34. The summed E-state index contributed by atoms with van der Waals surface area (Å²) >= 11 is 0. The van der Waals surface area contributed by atoms with Gasteiger partial charge in [-0.1, -0.05) is 0 Å². The molecule has 0 saturated carbocycles. The number of benzene rings is 1. The normalized spacial score (nSPS) is 10.6. The summed E-state index contributed by atoms with van der Waals surface area (Å²) in [6, 6.07) is 9.96. The van der Waals surface area contributed by atoms with E-state index in [1.54, 1.807) is 28.9 Å². The van der Waals surface area contributed by atoms with E-state index in [2.05, 4.69) is 15.5 Å². The summed E-state index contributed by atoms with van der Waals surface area (Å²) in [5.41, 5.74) is 1.87. The van der Waals surface area contributed by atoms with Crippen LogP contribution in [-0.4, -0.2) is 46.2 Å². The lowest BCUT2D eigenvalue weighted by Gasteiger charge is -2.12. The molecule has 9 nitrogen and oxygen atoms in total. The topological polar surface area (TPSA) is 100 Å². The van der Waals surface area contributed by atoms with Crippen LogP contribution in [0.2, 0.25) is 0 Å².